The van der Waals surface area contributed by atoms with Gasteiger partial charge >= 0.3 is 0 Å². The fourth-order valence-corrected chi connectivity index (χ4v) is 3.24. The van der Waals surface area contributed by atoms with Crippen LogP contribution >= 0.6 is 11.6 Å². The van der Waals surface area contributed by atoms with Gasteiger partial charge in [0, 0.05) is 22.3 Å². The lowest BCUT2D eigenvalue weighted by Crippen LogP contribution is -2.16. The summed E-state index contributed by atoms with van der Waals surface area (Å²) in [5, 5.41) is 8.79. The number of aromatic nitrogens is 2. The molecule has 0 bridgehead atoms. The number of benzene rings is 1. The summed E-state index contributed by atoms with van der Waals surface area (Å²) in [5.41, 5.74) is 3.95. The zero-order chi connectivity index (χ0) is 13.9. The predicted octanol–water partition coefficient (Wildman–Crippen LogP) is 3.57. The minimum absolute atomic E-state index is 0.445. The molecule has 2 aromatic rings. The molecule has 0 amide bonds. The van der Waals surface area contributed by atoms with Gasteiger partial charge in [-0.25, -0.2) is 0 Å². The van der Waals surface area contributed by atoms with Crippen molar-refractivity contribution in [2.45, 2.75) is 38.3 Å². The van der Waals surface area contributed by atoms with E-state index in [0.717, 1.165) is 18.0 Å². The van der Waals surface area contributed by atoms with Gasteiger partial charge in [-0.3, -0.25) is 4.68 Å². The van der Waals surface area contributed by atoms with Crippen molar-refractivity contribution in [2.24, 2.45) is 0 Å². The van der Waals surface area contributed by atoms with E-state index in [-0.39, 0.29) is 0 Å². The Morgan fingerprint density at radius 2 is 2.30 bits per heavy atom. The molecule has 3 nitrogen and oxygen atoms in total. The lowest BCUT2D eigenvalue weighted by molar-refractivity contribution is 0.532. The van der Waals surface area contributed by atoms with Crippen LogP contribution in [0.2, 0.25) is 5.02 Å². The molecule has 1 atom stereocenters. The van der Waals surface area contributed by atoms with Crippen molar-refractivity contribution >= 4 is 11.6 Å². The number of nitrogens with zero attached hydrogens (tertiary/aromatic N) is 2. The highest BCUT2D eigenvalue weighted by Crippen LogP contribution is 2.28. The second-order valence-corrected chi connectivity index (χ2v) is 5.86. The van der Waals surface area contributed by atoms with Crippen molar-refractivity contribution < 1.29 is 0 Å². The van der Waals surface area contributed by atoms with E-state index in [1.807, 2.05) is 31.4 Å². The van der Waals surface area contributed by atoms with E-state index in [4.69, 9.17) is 11.6 Å². The quantitative estimate of drug-likeness (QED) is 0.876. The van der Waals surface area contributed by atoms with Gasteiger partial charge < -0.3 is 5.32 Å². The standard InChI is InChI=1S/C16H20ClN3/c1-18-15-7-2-3-8-16-14(15)10-19-20(16)11-12-5-4-6-13(17)9-12/h4-6,9-10,15,18H,2-3,7-8,11H2,1H3. The molecule has 1 unspecified atom stereocenters. The Balaban J connectivity index is 1.90. The normalized spacial score (nSPS) is 18.6. The molecule has 0 aliphatic heterocycles. The topological polar surface area (TPSA) is 29.9 Å². The Morgan fingerprint density at radius 3 is 3.10 bits per heavy atom. The number of nitrogens with one attached hydrogen (secondary N) is 1. The molecule has 20 heavy (non-hydrogen) atoms. The van der Waals surface area contributed by atoms with Gasteiger partial charge in [-0.1, -0.05) is 30.2 Å². The summed E-state index contributed by atoms with van der Waals surface area (Å²) in [6, 6.07) is 8.47. The number of halogens is 1. The van der Waals surface area contributed by atoms with Crippen molar-refractivity contribution in [2.75, 3.05) is 7.05 Å². The summed E-state index contributed by atoms with van der Waals surface area (Å²) in [4.78, 5) is 0. The van der Waals surface area contributed by atoms with E-state index < -0.39 is 0 Å². The first-order chi connectivity index (χ1) is 9.78. The van der Waals surface area contributed by atoms with Gasteiger partial charge in [0.05, 0.1) is 12.7 Å². The first-order valence-electron chi connectivity index (χ1n) is 7.24. The third-order valence-electron chi connectivity index (χ3n) is 4.08. The van der Waals surface area contributed by atoms with Crippen molar-refractivity contribution in [3.8, 4) is 0 Å². The molecular formula is C16H20ClN3. The average Bonchev–Trinajstić information content (AvgIpc) is 2.71. The molecule has 0 saturated heterocycles. The Labute approximate surface area is 124 Å². The molecule has 0 spiro atoms. The van der Waals surface area contributed by atoms with Crippen LogP contribution in [-0.2, 0) is 13.0 Å². The lowest BCUT2D eigenvalue weighted by atomic mass is 10.1. The Hall–Kier alpha value is -1.32. The Morgan fingerprint density at radius 1 is 1.40 bits per heavy atom. The van der Waals surface area contributed by atoms with E-state index in [0.29, 0.717) is 6.04 Å². The van der Waals surface area contributed by atoms with E-state index in [9.17, 15) is 0 Å². The van der Waals surface area contributed by atoms with Crippen LogP contribution in [0.15, 0.2) is 30.5 Å². The molecule has 1 aromatic carbocycles. The number of rotatable bonds is 3. The lowest BCUT2D eigenvalue weighted by Gasteiger charge is -2.13. The van der Waals surface area contributed by atoms with Crippen LogP contribution in [0.5, 0.6) is 0 Å². The van der Waals surface area contributed by atoms with Gasteiger partial charge in [-0.2, -0.15) is 5.10 Å². The average molecular weight is 290 g/mol. The van der Waals surface area contributed by atoms with Crippen LogP contribution in [-0.4, -0.2) is 16.8 Å². The summed E-state index contributed by atoms with van der Waals surface area (Å²) in [6.07, 6.45) is 6.87. The first-order valence-corrected chi connectivity index (χ1v) is 7.62. The maximum Gasteiger partial charge on any atom is 0.0663 e. The number of hydrogen-bond donors (Lipinski definition) is 1. The van der Waals surface area contributed by atoms with E-state index in [2.05, 4.69) is 21.2 Å². The molecule has 1 heterocycles. The third-order valence-corrected chi connectivity index (χ3v) is 4.32. The summed E-state index contributed by atoms with van der Waals surface area (Å²) in [7, 11) is 2.04. The SMILES string of the molecule is CNC1CCCCc2c1cnn2Cc1cccc(Cl)c1. The monoisotopic (exact) mass is 289 g/mol. The molecular weight excluding hydrogens is 270 g/mol. The maximum absolute atomic E-state index is 6.06. The fraction of sp³-hybridized carbons (Fsp3) is 0.438. The molecule has 1 N–H and O–H groups in total. The fourth-order valence-electron chi connectivity index (χ4n) is 3.03. The molecule has 0 radical (unpaired) electrons. The van der Waals surface area contributed by atoms with E-state index >= 15 is 0 Å². The van der Waals surface area contributed by atoms with Crippen LogP contribution < -0.4 is 5.32 Å². The zero-order valence-corrected chi connectivity index (χ0v) is 12.5. The van der Waals surface area contributed by atoms with Crippen molar-refractivity contribution in [3.05, 3.63) is 52.3 Å². The number of hydrogen-bond acceptors (Lipinski definition) is 2. The summed E-state index contributed by atoms with van der Waals surface area (Å²) in [5.74, 6) is 0. The molecule has 3 rings (SSSR count). The van der Waals surface area contributed by atoms with Gasteiger partial charge in [0.2, 0.25) is 0 Å². The smallest absolute Gasteiger partial charge is 0.0663 e. The Kier molecular flexibility index (Phi) is 4.08. The summed E-state index contributed by atoms with van der Waals surface area (Å²) in [6.45, 7) is 0.798. The summed E-state index contributed by atoms with van der Waals surface area (Å²) >= 11 is 6.06. The minimum atomic E-state index is 0.445. The highest BCUT2D eigenvalue weighted by Gasteiger charge is 2.21. The second kappa shape index (κ2) is 5.98. The van der Waals surface area contributed by atoms with Crippen LogP contribution in [0.4, 0.5) is 0 Å². The molecule has 0 saturated carbocycles. The van der Waals surface area contributed by atoms with Gasteiger partial charge in [0.1, 0.15) is 0 Å². The Bertz CT molecular complexity index is 591. The van der Waals surface area contributed by atoms with Gasteiger partial charge in [-0.15, -0.1) is 0 Å². The van der Waals surface area contributed by atoms with Crippen LogP contribution in [0.25, 0.3) is 0 Å². The van der Waals surface area contributed by atoms with E-state index in [1.165, 1.54) is 36.1 Å². The van der Waals surface area contributed by atoms with Gasteiger partial charge in [0.25, 0.3) is 0 Å². The largest absolute Gasteiger partial charge is 0.313 e. The van der Waals surface area contributed by atoms with Crippen LogP contribution in [0, 0.1) is 0 Å². The van der Waals surface area contributed by atoms with Crippen molar-refractivity contribution in [3.63, 3.8) is 0 Å². The van der Waals surface area contributed by atoms with E-state index in [1.54, 1.807) is 0 Å². The molecule has 106 valence electrons. The van der Waals surface area contributed by atoms with Gasteiger partial charge in [-0.05, 0) is 44.0 Å². The molecule has 1 aromatic heterocycles. The van der Waals surface area contributed by atoms with Crippen molar-refractivity contribution in [1.82, 2.24) is 15.1 Å². The molecule has 1 aliphatic rings. The predicted molar refractivity (Wildman–Crippen MR) is 82.1 cm³/mol. The minimum Gasteiger partial charge on any atom is -0.313 e. The number of fused-ring (bicyclic) bond motifs is 1. The second-order valence-electron chi connectivity index (χ2n) is 5.42. The molecule has 0 fully saturated rings. The highest BCUT2D eigenvalue weighted by molar-refractivity contribution is 6.30. The van der Waals surface area contributed by atoms with Crippen molar-refractivity contribution in [1.29, 1.82) is 0 Å². The third kappa shape index (κ3) is 2.74. The van der Waals surface area contributed by atoms with Crippen LogP contribution in [0.3, 0.4) is 0 Å². The van der Waals surface area contributed by atoms with Crippen LogP contribution in [0.1, 0.15) is 42.1 Å². The first kappa shape index (κ1) is 13.7. The zero-order valence-electron chi connectivity index (χ0n) is 11.8. The molecule has 4 heteroatoms. The summed E-state index contributed by atoms with van der Waals surface area (Å²) < 4.78 is 2.14. The maximum atomic E-state index is 6.06. The molecule has 1 aliphatic carbocycles. The highest BCUT2D eigenvalue weighted by atomic mass is 35.5. The van der Waals surface area contributed by atoms with Gasteiger partial charge in [0.15, 0.2) is 0 Å².